The van der Waals surface area contributed by atoms with Crippen LogP contribution >= 0.6 is 0 Å². The van der Waals surface area contributed by atoms with Gasteiger partial charge in [0.1, 0.15) is 5.82 Å². The fourth-order valence-electron chi connectivity index (χ4n) is 5.30. The Hall–Kier alpha value is -2.27. The van der Waals surface area contributed by atoms with E-state index in [1.165, 1.54) is 12.5 Å². The number of likely N-dealkylation sites (tertiary alicyclic amines) is 1. The average molecular weight is 440 g/mol. The number of nitrogens with zero attached hydrogens (tertiary/aromatic N) is 2. The third-order valence-corrected chi connectivity index (χ3v) is 7.29. The number of amides is 1. The summed E-state index contributed by atoms with van der Waals surface area (Å²) in [6, 6.07) is 8.88. The lowest BCUT2D eigenvalue weighted by atomic mass is 9.63. The Labute approximate surface area is 193 Å². The molecule has 1 fully saturated rings. The zero-order valence-corrected chi connectivity index (χ0v) is 19.7. The summed E-state index contributed by atoms with van der Waals surface area (Å²) in [5.41, 5.74) is 3.49. The van der Waals surface area contributed by atoms with Crippen molar-refractivity contribution in [1.29, 1.82) is 0 Å². The van der Waals surface area contributed by atoms with E-state index >= 15 is 0 Å². The van der Waals surface area contributed by atoms with Gasteiger partial charge in [0.2, 0.25) is 5.91 Å². The molecule has 0 saturated carbocycles. The van der Waals surface area contributed by atoms with Crippen molar-refractivity contribution in [2.45, 2.75) is 70.8 Å². The molecule has 1 atom stereocenters. The van der Waals surface area contributed by atoms with Crippen LogP contribution in [0.25, 0.3) is 0 Å². The fourth-order valence-corrected chi connectivity index (χ4v) is 5.30. The van der Waals surface area contributed by atoms with E-state index in [-0.39, 0.29) is 24.6 Å². The van der Waals surface area contributed by atoms with Crippen molar-refractivity contribution >= 4 is 5.91 Å². The second-order valence-corrected chi connectivity index (χ2v) is 10.9. The van der Waals surface area contributed by atoms with Gasteiger partial charge in [-0.25, -0.2) is 4.39 Å². The molecular formula is C27H38FN3O. The molecule has 1 aromatic heterocycles. The average Bonchev–Trinajstić information content (AvgIpc) is 2.76. The number of carbonyl (C=O) groups is 1. The summed E-state index contributed by atoms with van der Waals surface area (Å²) in [7, 11) is 0. The van der Waals surface area contributed by atoms with Crippen LogP contribution in [-0.2, 0) is 16.6 Å². The van der Waals surface area contributed by atoms with Gasteiger partial charge < -0.3 is 10.2 Å². The molecule has 4 rings (SSSR count). The minimum atomic E-state index is -0.180. The van der Waals surface area contributed by atoms with Gasteiger partial charge in [-0.1, -0.05) is 32.9 Å². The molecule has 2 aromatic rings. The Balaban J connectivity index is 0.00000306. The number of pyridine rings is 1. The van der Waals surface area contributed by atoms with E-state index in [0.29, 0.717) is 11.8 Å². The van der Waals surface area contributed by atoms with Crippen LogP contribution in [-0.4, -0.2) is 35.4 Å². The lowest BCUT2D eigenvalue weighted by Crippen LogP contribution is -2.47. The predicted octanol–water partition coefficient (Wildman–Crippen LogP) is 5.43. The van der Waals surface area contributed by atoms with E-state index in [1.54, 1.807) is 18.5 Å². The third kappa shape index (κ3) is 5.37. The molecule has 174 valence electrons. The van der Waals surface area contributed by atoms with Gasteiger partial charge in [-0.3, -0.25) is 9.78 Å². The summed E-state index contributed by atoms with van der Waals surface area (Å²) in [5, 5.41) is 3.21. The molecule has 1 spiro atoms. The van der Waals surface area contributed by atoms with E-state index in [1.807, 2.05) is 18.2 Å². The lowest BCUT2D eigenvalue weighted by Gasteiger charge is -2.47. The number of hydrogen-bond acceptors (Lipinski definition) is 3. The van der Waals surface area contributed by atoms with Gasteiger partial charge in [-0.15, -0.1) is 0 Å². The molecule has 2 aliphatic rings. The molecule has 1 aliphatic heterocycles. The van der Waals surface area contributed by atoms with Crippen LogP contribution in [0.1, 0.15) is 77.0 Å². The highest BCUT2D eigenvalue weighted by Gasteiger charge is 2.42. The molecule has 1 aliphatic carbocycles. The number of nitrogens with one attached hydrogen (secondary N) is 1. The summed E-state index contributed by atoms with van der Waals surface area (Å²) < 4.78 is 14.3. The summed E-state index contributed by atoms with van der Waals surface area (Å²) in [4.78, 5) is 19.4. The first-order chi connectivity index (χ1) is 15.2. The monoisotopic (exact) mass is 439 g/mol. The molecule has 0 bridgehead atoms. The van der Waals surface area contributed by atoms with E-state index < -0.39 is 0 Å². The lowest BCUT2D eigenvalue weighted by molar-refractivity contribution is -0.121. The summed E-state index contributed by atoms with van der Waals surface area (Å²) >= 11 is 0. The number of benzene rings is 1. The fraction of sp³-hybridized carbons (Fsp3) is 0.556. The maximum Gasteiger partial charge on any atom is 0.224 e. The quantitative estimate of drug-likeness (QED) is 0.676. The second kappa shape index (κ2) is 9.30. The Morgan fingerprint density at radius 3 is 2.72 bits per heavy atom. The largest absolute Gasteiger partial charge is 0.349 e. The second-order valence-electron chi connectivity index (χ2n) is 10.9. The highest BCUT2D eigenvalue weighted by molar-refractivity contribution is 5.79. The van der Waals surface area contributed by atoms with Gasteiger partial charge in [0, 0.05) is 13.8 Å². The van der Waals surface area contributed by atoms with Crippen molar-refractivity contribution in [3.05, 3.63) is 65.2 Å². The van der Waals surface area contributed by atoms with Crippen LogP contribution in [0, 0.1) is 11.2 Å². The molecule has 1 saturated heterocycles. The Bertz CT molecular complexity index is 936. The van der Waals surface area contributed by atoms with E-state index in [2.05, 4.69) is 36.0 Å². The molecule has 0 unspecified atom stereocenters. The van der Waals surface area contributed by atoms with Crippen LogP contribution in [0.2, 0.25) is 0 Å². The van der Waals surface area contributed by atoms with Crippen molar-refractivity contribution in [2.75, 3.05) is 19.6 Å². The number of halogens is 1. The molecular weight excluding hydrogens is 401 g/mol. The number of rotatable bonds is 5. The van der Waals surface area contributed by atoms with Crippen LogP contribution in [0.5, 0.6) is 0 Å². The van der Waals surface area contributed by atoms with Crippen molar-refractivity contribution < 1.29 is 10.6 Å². The van der Waals surface area contributed by atoms with Gasteiger partial charge in [-0.05, 0) is 97.5 Å². The van der Waals surface area contributed by atoms with Gasteiger partial charge in [0.05, 0.1) is 12.5 Å². The van der Waals surface area contributed by atoms with Crippen molar-refractivity contribution in [3.8, 4) is 0 Å². The normalized spacial score (nSPS) is 20.7. The highest BCUT2D eigenvalue weighted by atomic mass is 19.1. The first kappa shape index (κ1) is 22.9. The minimum absolute atomic E-state index is 0. The Morgan fingerprint density at radius 1 is 1.25 bits per heavy atom. The molecule has 1 amide bonds. The smallest absolute Gasteiger partial charge is 0.224 e. The molecule has 1 N–H and O–H groups in total. The zero-order valence-electron chi connectivity index (χ0n) is 19.7. The SMILES string of the molecule is CC(C)(C)CCN1CCC2(CC[C@H](NC(=O)Cc3cccnc3)c3ccc(F)cc32)CC1.[HH]. The molecule has 32 heavy (non-hydrogen) atoms. The van der Waals surface area contributed by atoms with Crippen LogP contribution < -0.4 is 5.32 Å². The number of piperidine rings is 1. The topological polar surface area (TPSA) is 45.2 Å². The highest BCUT2D eigenvalue weighted by Crippen LogP contribution is 2.48. The van der Waals surface area contributed by atoms with E-state index in [4.69, 9.17) is 0 Å². The van der Waals surface area contributed by atoms with Crippen molar-refractivity contribution in [2.24, 2.45) is 5.41 Å². The summed E-state index contributed by atoms with van der Waals surface area (Å²) in [5.74, 6) is -0.188. The summed E-state index contributed by atoms with van der Waals surface area (Å²) in [6.45, 7) is 10.1. The van der Waals surface area contributed by atoms with Crippen LogP contribution in [0.4, 0.5) is 4.39 Å². The van der Waals surface area contributed by atoms with Crippen molar-refractivity contribution in [1.82, 2.24) is 15.2 Å². The molecule has 1 aromatic carbocycles. The maximum atomic E-state index is 14.3. The van der Waals surface area contributed by atoms with Gasteiger partial charge in [-0.2, -0.15) is 0 Å². The number of hydrogen-bond donors (Lipinski definition) is 1. The summed E-state index contributed by atoms with van der Waals surface area (Å²) in [6.07, 6.45) is 8.96. The molecule has 5 heteroatoms. The maximum absolute atomic E-state index is 14.3. The minimum Gasteiger partial charge on any atom is -0.349 e. The van der Waals surface area contributed by atoms with E-state index in [9.17, 15) is 9.18 Å². The van der Waals surface area contributed by atoms with E-state index in [0.717, 1.165) is 62.0 Å². The first-order valence-electron chi connectivity index (χ1n) is 11.9. The van der Waals surface area contributed by atoms with Gasteiger partial charge in [0.15, 0.2) is 0 Å². The zero-order chi connectivity index (χ0) is 22.8. The molecule has 2 heterocycles. The van der Waals surface area contributed by atoms with Crippen LogP contribution in [0.3, 0.4) is 0 Å². The standard InChI is InChI=1S/C27H36FN3O.H2/c1-26(2,3)10-14-31-15-11-27(12-16-31)9-8-24(22-7-6-21(28)18-23(22)27)30-25(32)17-20-5-4-13-29-19-20;/h4-7,13,18-19,24H,8-12,14-17H2,1-3H3,(H,30,32);1H/t24-;/m0./s1. The Kier molecular flexibility index (Phi) is 6.66. The number of aromatic nitrogens is 1. The predicted molar refractivity (Wildman–Crippen MR) is 128 cm³/mol. The van der Waals surface area contributed by atoms with Gasteiger partial charge >= 0.3 is 0 Å². The third-order valence-electron chi connectivity index (χ3n) is 7.29. The van der Waals surface area contributed by atoms with Gasteiger partial charge in [0.25, 0.3) is 0 Å². The van der Waals surface area contributed by atoms with Crippen LogP contribution in [0.15, 0.2) is 42.7 Å². The number of fused-ring (bicyclic) bond motifs is 2. The van der Waals surface area contributed by atoms with Crippen molar-refractivity contribution in [3.63, 3.8) is 0 Å². The number of carbonyl (C=O) groups excluding carboxylic acids is 1. The molecule has 0 radical (unpaired) electrons. The Morgan fingerprint density at radius 2 is 2.03 bits per heavy atom. The molecule has 4 nitrogen and oxygen atoms in total. The first-order valence-corrected chi connectivity index (χ1v) is 11.9.